The molecule has 31 heavy (non-hydrogen) atoms. The Bertz CT molecular complexity index is 1140. The molecule has 1 atom stereocenters. The van der Waals surface area contributed by atoms with Gasteiger partial charge in [-0.1, -0.05) is 0 Å². The number of thioether (sulfide) groups is 1. The van der Waals surface area contributed by atoms with Crippen LogP contribution < -0.4 is 10.2 Å². The second-order valence-electron chi connectivity index (χ2n) is 7.19. The van der Waals surface area contributed by atoms with Crippen molar-refractivity contribution in [3.63, 3.8) is 0 Å². The lowest BCUT2D eigenvalue weighted by atomic mass is 10.1. The molecule has 0 saturated heterocycles. The zero-order valence-corrected chi connectivity index (χ0v) is 17.6. The number of carbonyl (C=O) groups is 2. The van der Waals surface area contributed by atoms with Gasteiger partial charge in [0.2, 0.25) is 11.8 Å². The van der Waals surface area contributed by atoms with E-state index in [9.17, 15) is 18.4 Å². The van der Waals surface area contributed by atoms with E-state index in [1.165, 1.54) is 28.8 Å². The Hall–Kier alpha value is -3.20. The second-order valence-corrected chi connectivity index (χ2v) is 8.57. The fourth-order valence-electron chi connectivity index (χ4n) is 3.34. The Kier molecular flexibility index (Phi) is 5.77. The molecule has 0 fully saturated rings. The van der Waals surface area contributed by atoms with Gasteiger partial charge in [-0.05, 0) is 49.7 Å². The molecule has 0 bridgehead atoms. The Labute approximate surface area is 181 Å². The third-order valence-corrected chi connectivity index (χ3v) is 5.92. The van der Waals surface area contributed by atoms with Crippen molar-refractivity contribution in [2.24, 2.45) is 0 Å². The predicted molar refractivity (Wildman–Crippen MR) is 112 cm³/mol. The van der Waals surface area contributed by atoms with Crippen molar-refractivity contribution in [3.8, 4) is 0 Å². The zero-order valence-electron chi connectivity index (χ0n) is 16.8. The van der Waals surface area contributed by atoms with Crippen LogP contribution >= 0.6 is 11.8 Å². The number of amides is 2. The number of oxazole rings is 1. The summed E-state index contributed by atoms with van der Waals surface area (Å²) < 4.78 is 32.6. The van der Waals surface area contributed by atoms with E-state index in [0.717, 1.165) is 11.0 Å². The fourth-order valence-corrected chi connectivity index (χ4v) is 4.38. The molecule has 160 valence electrons. The minimum atomic E-state index is -0.711. The molecule has 1 unspecified atom stereocenters. The van der Waals surface area contributed by atoms with Gasteiger partial charge in [0.05, 0.1) is 30.2 Å². The summed E-state index contributed by atoms with van der Waals surface area (Å²) in [6, 6.07) is 8.22. The van der Waals surface area contributed by atoms with Gasteiger partial charge >= 0.3 is 0 Å². The predicted octanol–water partition coefficient (Wildman–Crippen LogP) is 4.22. The molecule has 2 amide bonds. The van der Waals surface area contributed by atoms with Gasteiger partial charge in [0.15, 0.2) is 0 Å². The van der Waals surface area contributed by atoms with E-state index < -0.39 is 11.6 Å². The lowest BCUT2D eigenvalue weighted by Gasteiger charge is -2.32. The molecule has 6 nitrogen and oxygen atoms in total. The molecule has 1 N–H and O–H groups in total. The molecule has 3 aromatic rings. The Morgan fingerprint density at radius 3 is 2.65 bits per heavy atom. The highest BCUT2D eigenvalue weighted by Crippen LogP contribution is 2.40. The normalized spacial score (nSPS) is 15.7. The van der Waals surface area contributed by atoms with Gasteiger partial charge in [-0.25, -0.2) is 13.8 Å². The number of hydrogen-bond donors (Lipinski definition) is 1. The van der Waals surface area contributed by atoms with Crippen LogP contribution in [-0.4, -0.2) is 22.0 Å². The van der Waals surface area contributed by atoms with Gasteiger partial charge in [0.1, 0.15) is 17.4 Å². The van der Waals surface area contributed by atoms with Crippen molar-refractivity contribution >= 4 is 29.3 Å². The van der Waals surface area contributed by atoms with Gasteiger partial charge in [0.25, 0.3) is 5.91 Å². The first kappa shape index (κ1) is 21.0. The lowest BCUT2D eigenvalue weighted by Crippen LogP contribution is -2.39. The Balaban J connectivity index is 1.60. The van der Waals surface area contributed by atoms with E-state index >= 15 is 0 Å². The van der Waals surface area contributed by atoms with E-state index in [1.54, 1.807) is 38.2 Å². The number of halogens is 2. The summed E-state index contributed by atoms with van der Waals surface area (Å²) in [7, 11) is 0. The first-order chi connectivity index (χ1) is 14.8. The smallest absolute Gasteiger partial charge is 0.251 e. The van der Waals surface area contributed by atoms with Crippen LogP contribution in [0.1, 0.15) is 34.5 Å². The van der Waals surface area contributed by atoms with Crippen LogP contribution in [0.15, 0.2) is 51.9 Å². The van der Waals surface area contributed by atoms with E-state index in [2.05, 4.69) is 10.3 Å². The molecule has 0 saturated carbocycles. The minimum Gasteiger partial charge on any atom is -0.444 e. The first-order valence-electron chi connectivity index (χ1n) is 9.56. The van der Waals surface area contributed by atoms with Crippen molar-refractivity contribution in [3.05, 3.63) is 77.0 Å². The van der Waals surface area contributed by atoms with Crippen LogP contribution in [-0.2, 0) is 17.9 Å². The highest BCUT2D eigenvalue weighted by molar-refractivity contribution is 8.01. The molecule has 1 aliphatic rings. The van der Waals surface area contributed by atoms with Crippen molar-refractivity contribution in [2.45, 2.75) is 37.1 Å². The molecule has 9 heteroatoms. The van der Waals surface area contributed by atoms with Crippen molar-refractivity contribution in [2.75, 3.05) is 4.90 Å². The molecule has 1 aliphatic heterocycles. The van der Waals surface area contributed by atoms with E-state index in [1.807, 2.05) is 0 Å². The summed E-state index contributed by atoms with van der Waals surface area (Å²) in [6.45, 7) is 3.65. The van der Waals surface area contributed by atoms with Crippen molar-refractivity contribution < 1.29 is 22.8 Å². The number of aryl methyl sites for hydroxylation is 1. The molecule has 2 aromatic carbocycles. The summed E-state index contributed by atoms with van der Waals surface area (Å²) in [4.78, 5) is 31.8. The number of hydrogen-bond acceptors (Lipinski definition) is 5. The molecular formula is C22H19F2N3O3S. The molecule has 0 aliphatic carbocycles. The number of nitrogens with one attached hydrogen (secondary N) is 1. The summed E-state index contributed by atoms with van der Waals surface area (Å²) in [5.74, 6) is -0.944. The standard InChI is InChI=1S/C22H19F2N3O3S/c1-12-9-25-20(30-12)10-26-21(28)15-3-4-19-18(7-15)27(22(29)13(2)31-19)11-14-5-16(23)8-17(24)6-14/h3-9,13H,10-11H2,1-2H3,(H,26,28). The fraction of sp³-hybridized carbons (Fsp3) is 0.227. The number of fused-ring (bicyclic) bond motifs is 1. The SMILES string of the molecule is Cc1cnc(CNC(=O)c2ccc3c(c2)N(Cc2cc(F)cc(F)c2)C(=O)C(C)S3)o1. The first-order valence-corrected chi connectivity index (χ1v) is 10.4. The summed E-state index contributed by atoms with van der Waals surface area (Å²) in [5.41, 5.74) is 1.20. The molecule has 0 radical (unpaired) electrons. The van der Waals surface area contributed by atoms with E-state index in [0.29, 0.717) is 28.5 Å². The molecule has 1 aromatic heterocycles. The number of rotatable bonds is 5. The monoisotopic (exact) mass is 443 g/mol. The van der Waals surface area contributed by atoms with E-state index in [-0.39, 0.29) is 30.2 Å². The van der Waals surface area contributed by atoms with Crippen LogP contribution in [0.2, 0.25) is 0 Å². The Morgan fingerprint density at radius 2 is 1.97 bits per heavy atom. The number of aromatic nitrogens is 1. The zero-order chi connectivity index (χ0) is 22.1. The number of anilines is 1. The molecule has 0 spiro atoms. The summed E-state index contributed by atoms with van der Waals surface area (Å²) in [6.07, 6.45) is 1.57. The maximum absolute atomic E-state index is 13.6. The highest BCUT2D eigenvalue weighted by Gasteiger charge is 2.31. The molecule has 4 rings (SSSR count). The van der Waals surface area contributed by atoms with Crippen LogP contribution in [0.3, 0.4) is 0 Å². The van der Waals surface area contributed by atoms with Gasteiger partial charge in [-0.3, -0.25) is 9.59 Å². The Morgan fingerprint density at radius 1 is 1.23 bits per heavy atom. The van der Waals surface area contributed by atoms with E-state index in [4.69, 9.17) is 4.42 Å². The quantitative estimate of drug-likeness (QED) is 0.639. The van der Waals surface area contributed by atoms with Crippen LogP contribution in [0, 0.1) is 18.6 Å². The maximum atomic E-state index is 13.6. The lowest BCUT2D eigenvalue weighted by molar-refractivity contribution is -0.118. The molecular weight excluding hydrogens is 424 g/mol. The number of benzene rings is 2. The van der Waals surface area contributed by atoms with Gasteiger partial charge in [0, 0.05) is 16.5 Å². The largest absolute Gasteiger partial charge is 0.444 e. The number of carbonyl (C=O) groups excluding carboxylic acids is 2. The van der Waals surface area contributed by atoms with Gasteiger partial charge < -0.3 is 14.6 Å². The third kappa shape index (κ3) is 4.61. The van der Waals surface area contributed by atoms with Gasteiger partial charge in [-0.2, -0.15) is 0 Å². The van der Waals surface area contributed by atoms with Crippen LogP contribution in [0.4, 0.5) is 14.5 Å². The van der Waals surface area contributed by atoms with Crippen LogP contribution in [0.25, 0.3) is 0 Å². The maximum Gasteiger partial charge on any atom is 0.251 e. The van der Waals surface area contributed by atoms with Crippen LogP contribution in [0.5, 0.6) is 0 Å². The number of nitrogens with zero attached hydrogens (tertiary/aromatic N) is 2. The van der Waals surface area contributed by atoms with Crippen molar-refractivity contribution in [1.29, 1.82) is 0 Å². The summed E-state index contributed by atoms with van der Waals surface area (Å²) in [5, 5.41) is 2.37. The van der Waals surface area contributed by atoms with Gasteiger partial charge in [-0.15, -0.1) is 11.8 Å². The molecule has 2 heterocycles. The topological polar surface area (TPSA) is 75.4 Å². The second kappa shape index (κ2) is 8.50. The minimum absolute atomic E-state index is 0.00786. The van der Waals surface area contributed by atoms with Crippen molar-refractivity contribution in [1.82, 2.24) is 10.3 Å². The highest BCUT2D eigenvalue weighted by atomic mass is 32.2. The average Bonchev–Trinajstić information content (AvgIpc) is 3.14. The average molecular weight is 443 g/mol. The summed E-state index contributed by atoms with van der Waals surface area (Å²) >= 11 is 1.38. The third-order valence-electron chi connectivity index (χ3n) is 4.76.